The van der Waals surface area contributed by atoms with Gasteiger partial charge in [0.25, 0.3) is 0 Å². The highest BCUT2D eigenvalue weighted by Crippen LogP contribution is 2.33. The summed E-state index contributed by atoms with van der Waals surface area (Å²) in [6.07, 6.45) is 5.99. The molecule has 0 aromatic heterocycles. The van der Waals surface area contributed by atoms with Crippen LogP contribution in [0.5, 0.6) is 0 Å². The van der Waals surface area contributed by atoms with Crippen molar-refractivity contribution in [3.8, 4) is 0 Å². The zero-order valence-corrected chi connectivity index (χ0v) is 11.7. The monoisotopic (exact) mass is 254 g/mol. The highest BCUT2D eigenvalue weighted by Gasteiger charge is 2.43. The highest BCUT2D eigenvalue weighted by atomic mass is 16.5. The standard InChI is InChI=1S/C14H26N2O2/c1-11-5-3-4-8-14(11,15)13(17)18-12-6-9-16(2)10-7-12/h11-12H,3-10,15H2,1-2H3. The van der Waals surface area contributed by atoms with Crippen LogP contribution in [0.25, 0.3) is 0 Å². The summed E-state index contributed by atoms with van der Waals surface area (Å²) in [5, 5.41) is 0. The third kappa shape index (κ3) is 2.86. The summed E-state index contributed by atoms with van der Waals surface area (Å²) in [7, 11) is 2.10. The second-order valence-corrected chi connectivity index (χ2v) is 6.10. The molecule has 2 rings (SSSR count). The lowest BCUT2D eigenvalue weighted by molar-refractivity contribution is -0.161. The van der Waals surface area contributed by atoms with E-state index in [2.05, 4.69) is 18.9 Å². The second kappa shape index (κ2) is 5.57. The molecule has 0 amide bonds. The van der Waals surface area contributed by atoms with Crippen molar-refractivity contribution in [1.82, 2.24) is 4.90 Å². The number of ether oxygens (including phenoxy) is 1. The molecule has 0 aromatic rings. The minimum absolute atomic E-state index is 0.0725. The van der Waals surface area contributed by atoms with Crippen molar-refractivity contribution in [2.24, 2.45) is 11.7 Å². The summed E-state index contributed by atoms with van der Waals surface area (Å²) in [4.78, 5) is 14.6. The van der Waals surface area contributed by atoms with Crippen molar-refractivity contribution in [3.63, 3.8) is 0 Å². The topological polar surface area (TPSA) is 55.6 Å². The molecule has 2 unspecified atom stereocenters. The normalized spacial score (nSPS) is 35.4. The molecule has 4 heteroatoms. The molecular formula is C14H26N2O2. The summed E-state index contributed by atoms with van der Waals surface area (Å²) in [6, 6.07) is 0. The molecule has 2 atom stereocenters. The number of esters is 1. The van der Waals surface area contributed by atoms with Gasteiger partial charge in [-0.2, -0.15) is 0 Å². The van der Waals surface area contributed by atoms with E-state index in [1.807, 2.05) is 0 Å². The number of hydrogen-bond acceptors (Lipinski definition) is 4. The first kappa shape index (κ1) is 13.8. The van der Waals surface area contributed by atoms with Crippen LogP contribution in [0.3, 0.4) is 0 Å². The molecule has 0 bridgehead atoms. The van der Waals surface area contributed by atoms with Crippen LogP contribution in [0.15, 0.2) is 0 Å². The van der Waals surface area contributed by atoms with Crippen molar-refractivity contribution >= 4 is 5.97 Å². The fraction of sp³-hybridized carbons (Fsp3) is 0.929. The van der Waals surface area contributed by atoms with Gasteiger partial charge in [-0.15, -0.1) is 0 Å². The molecule has 2 fully saturated rings. The first-order chi connectivity index (χ1) is 8.52. The number of likely N-dealkylation sites (tertiary alicyclic amines) is 1. The Balaban J connectivity index is 1.90. The van der Waals surface area contributed by atoms with Gasteiger partial charge in [-0.25, -0.2) is 0 Å². The third-order valence-electron chi connectivity index (χ3n) is 4.68. The van der Waals surface area contributed by atoms with Crippen molar-refractivity contribution in [2.75, 3.05) is 20.1 Å². The van der Waals surface area contributed by atoms with Crippen LogP contribution in [-0.2, 0) is 9.53 Å². The van der Waals surface area contributed by atoms with Crippen LogP contribution < -0.4 is 5.73 Å². The zero-order valence-electron chi connectivity index (χ0n) is 11.7. The molecular weight excluding hydrogens is 228 g/mol. The Hall–Kier alpha value is -0.610. The van der Waals surface area contributed by atoms with Crippen LogP contribution in [0.1, 0.15) is 45.4 Å². The van der Waals surface area contributed by atoms with Gasteiger partial charge in [0.05, 0.1) is 0 Å². The lowest BCUT2D eigenvalue weighted by Crippen LogP contribution is -2.56. The van der Waals surface area contributed by atoms with Gasteiger partial charge in [-0.3, -0.25) is 4.79 Å². The number of piperidine rings is 1. The molecule has 18 heavy (non-hydrogen) atoms. The van der Waals surface area contributed by atoms with Gasteiger partial charge in [0.2, 0.25) is 0 Å². The summed E-state index contributed by atoms with van der Waals surface area (Å²) in [6.45, 7) is 4.09. The fourth-order valence-corrected chi connectivity index (χ4v) is 3.04. The molecule has 0 radical (unpaired) electrons. The average Bonchev–Trinajstić information content (AvgIpc) is 2.36. The maximum absolute atomic E-state index is 12.3. The van der Waals surface area contributed by atoms with E-state index in [4.69, 9.17) is 10.5 Å². The first-order valence-corrected chi connectivity index (χ1v) is 7.21. The molecule has 1 saturated heterocycles. The van der Waals surface area contributed by atoms with E-state index in [9.17, 15) is 4.79 Å². The van der Waals surface area contributed by atoms with Gasteiger partial charge < -0.3 is 15.4 Å². The summed E-state index contributed by atoms with van der Waals surface area (Å²) in [5.41, 5.74) is 5.57. The molecule has 0 aromatic carbocycles. The van der Waals surface area contributed by atoms with E-state index in [1.165, 1.54) is 6.42 Å². The van der Waals surface area contributed by atoms with Crippen molar-refractivity contribution in [2.45, 2.75) is 57.1 Å². The first-order valence-electron chi connectivity index (χ1n) is 7.21. The predicted molar refractivity (Wildman–Crippen MR) is 71.2 cm³/mol. The van der Waals surface area contributed by atoms with Crippen LogP contribution in [0.4, 0.5) is 0 Å². The van der Waals surface area contributed by atoms with Gasteiger partial charge in [0.15, 0.2) is 0 Å². The number of carbonyl (C=O) groups is 1. The molecule has 104 valence electrons. The van der Waals surface area contributed by atoms with E-state index in [0.29, 0.717) is 0 Å². The Kier molecular flexibility index (Phi) is 4.28. The lowest BCUT2D eigenvalue weighted by atomic mass is 9.74. The van der Waals surface area contributed by atoms with Gasteiger partial charge in [-0.1, -0.05) is 19.8 Å². The van der Waals surface area contributed by atoms with E-state index in [0.717, 1.165) is 45.2 Å². The number of carbonyl (C=O) groups excluding carboxylic acids is 1. The quantitative estimate of drug-likeness (QED) is 0.759. The highest BCUT2D eigenvalue weighted by molar-refractivity contribution is 5.81. The Bertz CT molecular complexity index is 300. The van der Waals surface area contributed by atoms with Gasteiger partial charge in [0.1, 0.15) is 11.6 Å². The Labute approximate surface area is 110 Å². The summed E-state index contributed by atoms with van der Waals surface area (Å²) in [5.74, 6) is 0.0780. The van der Waals surface area contributed by atoms with Gasteiger partial charge in [0, 0.05) is 13.1 Å². The fourth-order valence-electron chi connectivity index (χ4n) is 3.04. The molecule has 1 heterocycles. The number of nitrogens with zero attached hydrogens (tertiary/aromatic N) is 1. The second-order valence-electron chi connectivity index (χ2n) is 6.10. The number of nitrogens with two attached hydrogens (primary N) is 1. The third-order valence-corrected chi connectivity index (χ3v) is 4.68. The Morgan fingerprint density at radius 3 is 2.56 bits per heavy atom. The summed E-state index contributed by atoms with van der Waals surface area (Å²) >= 11 is 0. The van der Waals surface area contributed by atoms with Crippen molar-refractivity contribution in [3.05, 3.63) is 0 Å². The summed E-state index contributed by atoms with van der Waals surface area (Å²) < 4.78 is 5.66. The van der Waals surface area contributed by atoms with Crippen LogP contribution in [0.2, 0.25) is 0 Å². The molecule has 0 spiro atoms. The molecule has 1 aliphatic carbocycles. The zero-order chi connectivity index (χ0) is 13.2. The van der Waals surface area contributed by atoms with Crippen LogP contribution in [0, 0.1) is 5.92 Å². The van der Waals surface area contributed by atoms with E-state index in [-0.39, 0.29) is 18.0 Å². The molecule has 1 saturated carbocycles. The maximum atomic E-state index is 12.3. The average molecular weight is 254 g/mol. The van der Waals surface area contributed by atoms with Crippen molar-refractivity contribution in [1.29, 1.82) is 0 Å². The largest absolute Gasteiger partial charge is 0.461 e. The Morgan fingerprint density at radius 1 is 1.28 bits per heavy atom. The van der Waals surface area contributed by atoms with Crippen LogP contribution in [-0.4, -0.2) is 42.6 Å². The minimum Gasteiger partial charge on any atom is -0.461 e. The smallest absolute Gasteiger partial charge is 0.326 e. The van der Waals surface area contributed by atoms with Gasteiger partial charge in [-0.05, 0) is 38.6 Å². The van der Waals surface area contributed by atoms with E-state index >= 15 is 0 Å². The lowest BCUT2D eigenvalue weighted by Gasteiger charge is -2.39. The number of rotatable bonds is 2. The van der Waals surface area contributed by atoms with Crippen molar-refractivity contribution < 1.29 is 9.53 Å². The predicted octanol–water partition coefficient (Wildman–Crippen LogP) is 1.53. The molecule has 1 aliphatic heterocycles. The van der Waals surface area contributed by atoms with Crippen LogP contribution >= 0.6 is 0 Å². The number of hydrogen-bond donors (Lipinski definition) is 1. The molecule has 2 N–H and O–H groups in total. The minimum atomic E-state index is -0.735. The maximum Gasteiger partial charge on any atom is 0.326 e. The Morgan fingerprint density at radius 2 is 1.94 bits per heavy atom. The molecule has 2 aliphatic rings. The van der Waals surface area contributed by atoms with E-state index in [1.54, 1.807) is 0 Å². The molecule has 4 nitrogen and oxygen atoms in total. The SMILES string of the molecule is CC1CCCCC1(N)C(=O)OC1CCN(C)CC1. The van der Waals surface area contributed by atoms with Gasteiger partial charge >= 0.3 is 5.97 Å². The van der Waals surface area contributed by atoms with E-state index < -0.39 is 5.54 Å².